The van der Waals surface area contributed by atoms with E-state index in [2.05, 4.69) is 50.4 Å². The molecule has 0 saturated carbocycles. The fraction of sp³-hybridized carbons (Fsp3) is 0.684. The molecular weight excluding hydrogens is 242 g/mol. The van der Waals surface area contributed by atoms with E-state index >= 15 is 0 Å². The molecular formula is C19H33N. The Hall–Kier alpha value is -0.820. The van der Waals surface area contributed by atoms with Gasteiger partial charge in [0.2, 0.25) is 0 Å². The van der Waals surface area contributed by atoms with E-state index in [1.54, 1.807) is 0 Å². The summed E-state index contributed by atoms with van der Waals surface area (Å²) in [5.74, 6) is 0. The third-order valence-electron chi connectivity index (χ3n) is 3.96. The maximum Gasteiger partial charge on any atom is 0.0107 e. The molecule has 1 heteroatoms. The number of rotatable bonds is 11. The first kappa shape index (κ1) is 17.2. The molecule has 114 valence electrons. The number of hydrogen-bond acceptors (Lipinski definition) is 1. The molecule has 0 bridgehead atoms. The second-order valence-corrected chi connectivity index (χ2v) is 6.00. The lowest BCUT2D eigenvalue weighted by Crippen LogP contribution is -2.30. The van der Waals surface area contributed by atoms with E-state index in [4.69, 9.17) is 0 Å². The molecule has 0 aliphatic carbocycles. The average molecular weight is 275 g/mol. The first-order valence-electron chi connectivity index (χ1n) is 8.55. The van der Waals surface area contributed by atoms with Crippen LogP contribution in [0.5, 0.6) is 0 Å². The molecule has 0 aliphatic heterocycles. The van der Waals surface area contributed by atoms with Gasteiger partial charge in [0.05, 0.1) is 0 Å². The Labute approximate surface area is 126 Å². The molecule has 1 nitrogen and oxygen atoms in total. The van der Waals surface area contributed by atoms with Crippen molar-refractivity contribution in [3.8, 4) is 0 Å². The van der Waals surface area contributed by atoms with Crippen LogP contribution in [0.2, 0.25) is 0 Å². The van der Waals surface area contributed by atoms with Gasteiger partial charge in [0.25, 0.3) is 0 Å². The van der Waals surface area contributed by atoms with Crippen molar-refractivity contribution in [1.29, 1.82) is 0 Å². The third kappa shape index (κ3) is 7.69. The third-order valence-corrected chi connectivity index (χ3v) is 3.96. The zero-order valence-corrected chi connectivity index (χ0v) is 13.8. The number of unbranched alkanes of at least 4 members (excludes halogenated alkanes) is 5. The molecule has 1 rings (SSSR count). The second kappa shape index (κ2) is 10.9. The SMILES string of the molecule is CCCCCCCCC(Cc1cccc(C)c1)NCC. The smallest absolute Gasteiger partial charge is 0.0107 e. The summed E-state index contributed by atoms with van der Waals surface area (Å²) in [5.41, 5.74) is 2.85. The van der Waals surface area contributed by atoms with E-state index in [0.717, 1.165) is 6.54 Å². The molecule has 0 aromatic heterocycles. The summed E-state index contributed by atoms with van der Waals surface area (Å²) in [7, 11) is 0. The Kier molecular flexibility index (Phi) is 9.40. The highest BCUT2D eigenvalue weighted by Crippen LogP contribution is 2.13. The van der Waals surface area contributed by atoms with Crippen LogP contribution in [0.4, 0.5) is 0 Å². The van der Waals surface area contributed by atoms with E-state index in [1.807, 2.05) is 0 Å². The van der Waals surface area contributed by atoms with Gasteiger partial charge in [0.1, 0.15) is 0 Å². The maximum absolute atomic E-state index is 3.65. The first-order valence-corrected chi connectivity index (χ1v) is 8.55. The normalized spacial score (nSPS) is 12.6. The zero-order chi connectivity index (χ0) is 14.6. The van der Waals surface area contributed by atoms with Crippen LogP contribution in [0.25, 0.3) is 0 Å². The van der Waals surface area contributed by atoms with Crippen LogP contribution in [0, 0.1) is 6.92 Å². The predicted octanol–water partition coefficient (Wildman–Crippen LogP) is 5.27. The van der Waals surface area contributed by atoms with Crippen LogP contribution >= 0.6 is 0 Å². The Balaban J connectivity index is 2.29. The second-order valence-electron chi connectivity index (χ2n) is 6.00. The van der Waals surface area contributed by atoms with Gasteiger partial charge in [0, 0.05) is 6.04 Å². The van der Waals surface area contributed by atoms with Crippen molar-refractivity contribution in [3.63, 3.8) is 0 Å². The number of benzene rings is 1. The number of aryl methyl sites for hydroxylation is 1. The van der Waals surface area contributed by atoms with Crippen LogP contribution in [0.3, 0.4) is 0 Å². The average Bonchev–Trinajstić information content (AvgIpc) is 2.43. The largest absolute Gasteiger partial charge is 0.314 e. The number of likely N-dealkylation sites (N-methyl/N-ethyl adjacent to an activating group) is 1. The van der Waals surface area contributed by atoms with Crippen LogP contribution < -0.4 is 5.32 Å². The standard InChI is InChI=1S/C19H33N/c1-4-6-7-8-9-10-14-19(20-5-2)16-18-13-11-12-17(3)15-18/h11-13,15,19-20H,4-10,14,16H2,1-3H3. The topological polar surface area (TPSA) is 12.0 Å². The fourth-order valence-corrected chi connectivity index (χ4v) is 2.86. The minimum atomic E-state index is 0.646. The Morgan fingerprint density at radius 3 is 2.45 bits per heavy atom. The molecule has 1 aromatic rings. The Bertz CT molecular complexity index is 345. The van der Waals surface area contributed by atoms with Gasteiger partial charge in [-0.25, -0.2) is 0 Å². The Morgan fingerprint density at radius 1 is 1.00 bits per heavy atom. The molecule has 0 fully saturated rings. The van der Waals surface area contributed by atoms with E-state index in [9.17, 15) is 0 Å². The highest BCUT2D eigenvalue weighted by Gasteiger charge is 2.08. The summed E-state index contributed by atoms with van der Waals surface area (Å²) in [5, 5.41) is 3.65. The van der Waals surface area contributed by atoms with Crippen molar-refractivity contribution in [2.24, 2.45) is 0 Å². The zero-order valence-electron chi connectivity index (χ0n) is 13.8. The highest BCUT2D eigenvalue weighted by molar-refractivity contribution is 5.22. The van der Waals surface area contributed by atoms with Gasteiger partial charge in [-0.05, 0) is 31.9 Å². The van der Waals surface area contributed by atoms with Gasteiger partial charge in [-0.1, -0.05) is 82.2 Å². The number of nitrogens with one attached hydrogen (secondary N) is 1. The van der Waals surface area contributed by atoms with Crippen LogP contribution in [-0.4, -0.2) is 12.6 Å². The maximum atomic E-state index is 3.65. The molecule has 1 unspecified atom stereocenters. The lowest BCUT2D eigenvalue weighted by molar-refractivity contribution is 0.459. The molecule has 1 aromatic carbocycles. The lowest BCUT2D eigenvalue weighted by Gasteiger charge is -2.18. The van der Waals surface area contributed by atoms with E-state index in [0.29, 0.717) is 6.04 Å². The van der Waals surface area contributed by atoms with Crippen molar-refractivity contribution in [2.45, 2.75) is 78.2 Å². The lowest BCUT2D eigenvalue weighted by atomic mass is 9.98. The van der Waals surface area contributed by atoms with Crippen molar-refractivity contribution >= 4 is 0 Å². The molecule has 1 atom stereocenters. The van der Waals surface area contributed by atoms with Crippen molar-refractivity contribution in [1.82, 2.24) is 5.32 Å². The van der Waals surface area contributed by atoms with Gasteiger partial charge in [0.15, 0.2) is 0 Å². The minimum absolute atomic E-state index is 0.646. The van der Waals surface area contributed by atoms with Crippen LogP contribution in [0.1, 0.15) is 69.9 Å². The summed E-state index contributed by atoms with van der Waals surface area (Å²) in [6.45, 7) is 7.75. The molecule has 0 spiro atoms. The van der Waals surface area contributed by atoms with Gasteiger partial charge in [-0.3, -0.25) is 0 Å². The van der Waals surface area contributed by atoms with Crippen molar-refractivity contribution in [3.05, 3.63) is 35.4 Å². The fourth-order valence-electron chi connectivity index (χ4n) is 2.86. The van der Waals surface area contributed by atoms with Crippen molar-refractivity contribution in [2.75, 3.05) is 6.54 Å². The van der Waals surface area contributed by atoms with Crippen LogP contribution in [-0.2, 0) is 6.42 Å². The minimum Gasteiger partial charge on any atom is -0.314 e. The van der Waals surface area contributed by atoms with Gasteiger partial charge in [-0.2, -0.15) is 0 Å². The Morgan fingerprint density at radius 2 is 1.75 bits per heavy atom. The van der Waals surface area contributed by atoms with Gasteiger partial charge in [-0.15, -0.1) is 0 Å². The van der Waals surface area contributed by atoms with E-state index in [1.165, 1.54) is 62.5 Å². The number of hydrogen-bond donors (Lipinski definition) is 1. The first-order chi connectivity index (χ1) is 9.76. The summed E-state index contributed by atoms with van der Waals surface area (Å²) >= 11 is 0. The predicted molar refractivity (Wildman–Crippen MR) is 90.3 cm³/mol. The summed E-state index contributed by atoms with van der Waals surface area (Å²) < 4.78 is 0. The quantitative estimate of drug-likeness (QED) is 0.543. The monoisotopic (exact) mass is 275 g/mol. The highest BCUT2D eigenvalue weighted by atomic mass is 14.9. The molecule has 0 aliphatic rings. The molecule has 0 amide bonds. The molecule has 0 radical (unpaired) electrons. The van der Waals surface area contributed by atoms with E-state index in [-0.39, 0.29) is 0 Å². The molecule has 1 N–H and O–H groups in total. The van der Waals surface area contributed by atoms with Crippen molar-refractivity contribution < 1.29 is 0 Å². The summed E-state index contributed by atoms with van der Waals surface area (Å²) in [6.07, 6.45) is 10.8. The molecule has 20 heavy (non-hydrogen) atoms. The molecule has 0 heterocycles. The summed E-state index contributed by atoms with van der Waals surface area (Å²) in [6, 6.07) is 9.59. The van der Waals surface area contributed by atoms with E-state index < -0.39 is 0 Å². The van der Waals surface area contributed by atoms with Crippen LogP contribution in [0.15, 0.2) is 24.3 Å². The summed E-state index contributed by atoms with van der Waals surface area (Å²) in [4.78, 5) is 0. The van der Waals surface area contributed by atoms with Gasteiger partial charge >= 0.3 is 0 Å². The van der Waals surface area contributed by atoms with Gasteiger partial charge < -0.3 is 5.32 Å². The molecule has 0 saturated heterocycles.